The minimum Gasteiger partial charge on any atom is -0.435 e. The van der Waals surface area contributed by atoms with E-state index in [0.29, 0.717) is 12.5 Å². The molecule has 0 bridgehead atoms. The van der Waals surface area contributed by atoms with E-state index in [2.05, 4.69) is 47.6 Å². The van der Waals surface area contributed by atoms with Crippen LogP contribution < -0.4 is 15.6 Å². The maximum atomic E-state index is 9.43. The average Bonchev–Trinajstić information content (AvgIpc) is 3.09. The number of oxime groups is 1. The summed E-state index contributed by atoms with van der Waals surface area (Å²) < 4.78 is 6.64. The molecule has 30 heavy (non-hydrogen) atoms. The van der Waals surface area contributed by atoms with Gasteiger partial charge in [0.15, 0.2) is 0 Å². The highest BCUT2D eigenvalue weighted by Crippen LogP contribution is 2.15. The number of hydrogen-bond donors (Lipinski definition) is 0. The fourth-order valence-corrected chi connectivity index (χ4v) is 7.44. The smallest absolute Gasteiger partial charge is 0.380 e. The molecule has 5 nitrogen and oxygen atoms in total. The molecule has 0 spiro atoms. The fourth-order valence-electron chi connectivity index (χ4n) is 3.92. The lowest BCUT2D eigenvalue weighted by atomic mass is 10.3. The average molecular weight is 413 g/mol. The van der Waals surface area contributed by atoms with Gasteiger partial charge in [-0.3, -0.25) is 0 Å². The van der Waals surface area contributed by atoms with Gasteiger partial charge in [-0.05, 0) is 15.6 Å². The van der Waals surface area contributed by atoms with Gasteiger partial charge in [0.1, 0.15) is 6.04 Å². The van der Waals surface area contributed by atoms with Crippen LogP contribution in [0, 0.1) is 11.3 Å². The Bertz CT molecular complexity index is 954. The second-order valence-corrected chi connectivity index (χ2v) is 10.7. The van der Waals surface area contributed by atoms with Crippen molar-refractivity contribution in [2.24, 2.45) is 5.16 Å². The first-order chi connectivity index (χ1) is 14.7. The highest BCUT2D eigenvalue weighted by molar-refractivity contribution is 7.07. The molecule has 1 aliphatic rings. The van der Waals surface area contributed by atoms with E-state index in [1.165, 1.54) is 0 Å². The van der Waals surface area contributed by atoms with Crippen LogP contribution in [0.5, 0.6) is 0 Å². The molecule has 1 unspecified atom stereocenters. The van der Waals surface area contributed by atoms with Crippen LogP contribution in [0.1, 0.15) is 0 Å². The monoisotopic (exact) mass is 412 g/mol. The van der Waals surface area contributed by atoms with Gasteiger partial charge < -0.3 is 14.3 Å². The molecule has 1 saturated heterocycles. The van der Waals surface area contributed by atoms with Crippen LogP contribution in [0.3, 0.4) is 0 Å². The van der Waals surface area contributed by atoms with Crippen molar-refractivity contribution in [3.63, 3.8) is 0 Å². The van der Waals surface area contributed by atoms with Crippen LogP contribution in [-0.2, 0) is 4.53 Å². The Balaban J connectivity index is 1.90. The first-order valence-electron chi connectivity index (χ1n) is 9.93. The maximum absolute atomic E-state index is 9.43. The van der Waals surface area contributed by atoms with Crippen LogP contribution in [0.15, 0.2) is 96.2 Å². The fraction of sp³-hybridized carbons (Fsp3) is 0.167. The first-order valence-corrected chi connectivity index (χ1v) is 11.8. The third kappa shape index (κ3) is 3.44. The van der Waals surface area contributed by atoms with Gasteiger partial charge in [0.2, 0.25) is 5.96 Å². The number of guanidine groups is 1. The van der Waals surface area contributed by atoms with E-state index in [1.807, 2.05) is 78.5 Å². The molecule has 1 aliphatic heterocycles. The number of nitriles is 1. The minimum atomic E-state index is -2.91. The summed E-state index contributed by atoms with van der Waals surface area (Å²) in [4.78, 5) is 3.84. The van der Waals surface area contributed by atoms with Crippen molar-refractivity contribution in [2.75, 3.05) is 20.6 Å². The van der Waals surface area contributed by atoms with Gasteiger partial charge in [-0.1, -0.05) is 96.2 Å². The van der Waals surface area contributed by atoms with Crippen molar-refractivity contribution < 1.29 is 4.53 Å². The molecule has 0 aliphatic carbocycles. The van der Waals surface area contributed by atoms with Gasteiger partial charge in [0.05, 0.1) is 12.6 Å². The molecule has 0 N–H and O–H groups in total. The molecule has 0 amide bonds. The lowest BCUT2D eigenvalue weighted by molar-refractivity contribution is 0.328. The van der Waals surface area contributed by atoms with E-state index in [4.69, 9.17) is 4.53 Å². The summed E-state index contributed by atoms with van der Waals surface area (Å²) in [5.74, 6) is 0.668. The van der Waals surface area contributed by atoms with Crippen LogP contribution in [0.4, 0.5) is 0 Å². The number of nitrogens with zero attached hydrogens (tertiary/aromatic N) is 4. The zero-order chi connectivity index (χ0) is 21.0. The zero-order valence-corrected chi connectivity index (χ0v) is 18.1. The summed E-state index contributed by atoms with van der Waals surface area (Å²) in [6.07, 6.45) is 0. The predicted octanol–water partition coefficient (Wildman–Crippen LogP) is 1.71. The number of rotatable bonds is 5. The van der Waals surface area contributed by atoms with Crippen LogP contribution in [-0.4, -0.2) is 50.8 Å². The normalized spacial score (nSPS) is 17.8. The highest BCUT2D eigenvalue weighted by atomic mass is 28.4. The van der Waals surface area contributed by atoms with Gasteiger partial charge >= 0.3 is 8.32 Å². The molecule has 1 atom stereocenters. The Kier molecular flexibility index (Phi) is 5.55. The van der Waals surface area contributed by atoms with Crippen molar-refractivity contribution in [1.29, 1.82) is 5.26 Å². The molecular weight excluding hydrogens is 388 g/mol. The zero-order valence-electron chi connectivity index (χ0n) is 17.1. The Morgan fingerprint density at radius 1 is 0.833 bits per heavy atom. The number of hydrogen-bond acceptors (Lipinski definition) is 3. The molecule has 4 rings (SSSR count). The Hall–Kier alpha value is -3.56. The summed E-state index contributed by atoms with van der Waals surface area (Å²) in [6.45, 7) is 0.603. The summed E-state index contributed by atoms with van der Waals surface area (Å²) in [5.41, 5.74) is 0. The van der Waals surface area contributed by atoms with Gasteiger partial charge in [-0.2, -0.15) is 5.26 Å². The largest absolute Gasteiger partial charge is 0.435 e. The summed E-state index contributed by atoms with van der Waals surface area (Å²) in [7, 11) is 0.916. The third-order valence-electron chi connectivity index (χ3n) is 5.53. The molecular formula is C24H24N4OSi. The molecule has 3 aromatic rings. The van der Waals surface area contributed by atoms with Crippen LogP contribution >= 0.6 is 0 Å². The van der Waals surface area contributed by atoms with Crippen molar-refractivity contribution in [3.8, 4) is 6.07 Å². The highest BCUT2D eigenvalue weighted by Gasteiger charge is 2.45. The Morgan fingerprint density at radius 2 is 1.27 bits per heavy atom. The maximum Gasteiger partial charge on any atom is 0.380 e. The second-order valence-electron chi connectivity index (χ2n) is 7.40. The lowest BCUT2D eigenvalue weighted by Gasteiger charge is -2.31. The van der Waals surface area contributed by atoms with Crippen molar-refractivity contribution in [3.05, 3.63) is 91.0 Å². The van der Waals surface area contributed by atoms with Gasteiger partial charge in [-0.15, -0.1) is 0 Å². The van der Waals surface area contributed by atoms with E-state index >= 15 is 0 Å². The van der Waals surface area contributed by atoms with E-state index in [1.54, 1.807) is 0 Å². The summed E-state index contributed by atoms with van der Waals surface area (Å²) in [6, 6.07) is 33.1. The Morgan fingerprint density at radius 3 is 1.63 bits per heavy atom. The minimum absolute atomic E-state index is 0.237. The van der Waals surface area contributed by atoms with Crippen molar-refractivity contribution in [1.82, 2.24) is 9.80 Å². The second kappa shape index (κ2) is 8.43. The first kappa shape index (κ1) is 19.7. The summed E-state index contributed by atoms with van der Waals surface area (Å²) >= 11 is 0. The molecule has 3 aromatic carbocycles. The molecule has 1 fully saturated rings. The van der Waals surface area contributed by atoms with E-state index < -0.39 is 8.32 Å². The quantitative estimate of drug-likeness (QED) is 0.364. The van der Waals surface area contributed by atoms with Crippen LogP contribution in [0.2, 0.25) is 0 Å². The molecule has 0 aromatic heterocycles. The van der Waals surface area contributed by atoms with Crippen molar-refractivity contribution in [2.45, 2.75) is 6.04 Å². The molecule has 150 valence electrons. The molecule has 0 saturated carbocycles. The Labute approximate surface area is 178 Å². The number of likely N-dealkylation sites (N-methyl/N-ethyl adjacent to an activating group) is 2. The molecule has 0 radical (unpaired) electrons. The SMILES string of the molecule is CN1CC(C#N)N(C)C1=NO[Si](c1ccccc1)(c1ccccc1)c1ccccc1. The molecule has 1 heterocycles. The number of benzene rings is 3. The van der Waals surface area contributed by atoms with Crippen LogP contribution in [0.25, 0.3) is 0 Å². The summed E-state index contributed by atoms with van der Waals surface area (Å²) in [5, 5.41) is 17.4. The van der Waals surface area contributed by atoms with Gasteiger partial charge in [-0.25, -0.2) is 0 Å². The van der Waals surface area contributed by atoms with E-state index in [9.17, 15) is 5.26 Å². The topological polar surface area (TPSA) is 51.9 Å². The third-order valence-corrected chi connectivity index (χ3v) is 9.33. The lowest BCUT2D eigenvalue weighted by Crippen LogP contribution is -2.68. The predicted molar refractivity (Wildman–Crippen MR) is 122 cm³/mol. The van der Waals surface area contributed by atoms with E-state index in [0.717, 1.165) is 15.6 Å². The standard InChI is InChI=1S/C24H24N4OSi/c1-27-19-20(18-25)28(2)24(27)26-29-30(21-12-6-3-7-13-21,22-14-8-4-9-15-22)23-16-10-5-11-17-23/h3-17,20H,19H2,1-2H3. The van der Waals surface area contributed by atoms with Crippen molar-refractivity contribution >= 4 is 29.8 Å². The van der Waals surface area contributed by atoms with E-state index in [-0.39, 0.29) is 6.04 Å². The van der Waals surface area contributed by atoms with Gasteiger partial charge in [0.25, 0.3) is 0 Å². The van der Waals surface area contributed by atoms with Gasteiger partial charge in [0, 0.05) is 14.1 Å². The molecule has 6 heteroatoms.